The monoisotopic (exact) mass is 597 g/mol. The molecule has 1 heterocycles. The first kappa shape index (κ1) is 31.1. The van der Waals surface area contributed by atoms with Gasteiger partial charge in [-0.05, 0) is 75.2 Å². The Hall–Kier alpha value is -3.42. The third-order valence-electron chi connectivity index (χ3n) is 5.61. The van der Waals surface area contributed by atoms with E-state index >= 15 is 0 Å². The molecule has 4 aromatic rings. The number of carbonyl (C=O) groups is 1. The Labute approximate surface area is 233 Å². The predicted molar refractivity (Wildman–Crippen MR) is 146 cm³/mol. The van der Waals surface area contributed by atoms with Crippen molar-refractivity contribution in [3.05, 3.63) is 83.3 Å². The number of halogens is 4. The molecule has 1 aromatic heterocycles. The van der Waals surface area contributed by atoms with E-state index in [4.69, 9.17) is 9.90 Å². The first-order valence-corrected chi connectivity index (χ1v) is 14.3. The number of hydrogen-bond acceptors (Lipinski definition) is 5. The molecule has 214 valence electrons. The number of thioether (sulfide) groups is 1. The molecule has 0 aliphatic heterocycles. The molecular formula is C27H27F4N3O4S2. The van der Waals surface area contributed by atoms with Crippen LogP contribution < -0.4 is 4.72 Å². The SMILES string of the molecule is Cc1cc(C)c(S(=O)(=O)NC(C)CSc2cccc3c2cnn3-c2ccc(F)cc2)c(C)c1.O=C(O)C(F)(F)F. The molecular weight excluding hydrogens is 570 g/mol. The van der Waals surface area contributed by atoms with E-state index in [-0.39, 0.29) is 11.9 Å². The van der Waals surface area contributed by atoms with E-state index in [2.05, 4.69) is 9.82 Å². The number of hydrogen-bond donors (Lipinski definition) is 2. The van der Waals surface area contributed by atoms with E-state index in [1.807, 2.05) is 58.0 Å². The van der Waals surface area contributed by atoms with E-state index in [1.54, 1.807) is 34.8 Å². The van der Waals surface area contributed by atoms with Gasteiger partial charge in [-0.15, -0.1) is 11.8 Å². The second kappa shape index (κ2) is 12.4. The Balaban J connectivity index is 0.000000559. The van der Waals surface area contributed by atoms with E-state index in [0.717, 1.165) is 38.2 Å². The van der Waals surface area contributed by atoms with Crippen molar-refractivity contribution in [3.8, 4) is 5.69 Å². The number of aliphatic carboxylic acids is 1. The van der Waals surface area contributed by atoms with Crippen LogP contribution >= 0.6 is 11.8 Å². The normalized spacial score (nSPS) is 12.6. The second-order valence-electron chi connectivity index (χ2n) is 9.09. The topological polar surface area (TPSA) is 101 Å². The zero-order valence-corrected chi connectivity index (χ0v) is 23.6. The zero-order valence-electron chi connectivity index (χ0n) is 22.0. The maximum Gasteiger partial charge on any atom is 0.490 e. The highest BCUT2D eigenvalue weighted by Gasteiger charge is 2.38. The molecule has 0 radical (unpaired) electrons. The summed E-state index contributed by atoms with van der Waals surface area (Å²) >= 11 is 1.58. The molecule has 0 bridgehead atoms. The standard InChI is InChI=1S/C25H26FN3O2S2.C2HF3O2/c1-16-12-17(2)25(18(3)13-16)33(30,31)28-19(4)15-32-24-7-5-6-23-22(24)14-27-29(23)21-10-8-20(26)9-11-21;3-2(4,5)1(6)7/h5-14,19,28H,15H2,1-4H3;(H,6,7). The first-order valence-electron chi connectivity index (χ1n) is 11.9. The summed E-state index contributed by atoms with van der Waals surface area (Å²) in [5.74, 6) is -2.49. The minimum atomic E-state index is -5.08. The Morgan fingerprint density at radius 3 is 2.20 bits per heavy atom. The van der Waals surface area contributed by atoms with Gasteiger partial charge in [-0.25, -0.2) is 27.0 Å². The fourth-order valence-corrected chi connectivity index (χ4v) is 6.90. The Morgan fingerprint density at radius 2 is 1.65 bits per heavy atom. The molecule has 1 unspecified atom stereocenters. The number of nitrogens with zero attached hydrogens (tertiary/aromatic N) is 2. The van der Waals surface area contributed by atoms with Gasteiger partial charge < -0.3 is 5.11 Å². The van der Waals surface area contributed by atoms with Crippen LogP contribution in [-0.2, 0) is 14.8 Å². The van der Waals surface area contributed by atoms with Crippen molar-refractivity contribution in [1.82, 2.24) is 14.5 Å². The molecule has 0 fully saturated rings. The predicted octanol–water partition coefficient (Wildman–Crippen LogP) is 6.18. The van der Waals surface area contributed by atoms with Gasteiger partial charge in [0.15, 0.2) is 0 Å². The van der Waals surface area contributed by atoms with Crippen LogP contribution in [0.25, 0.3) is 16.6 Å². The molecule has 40 heavy (non-hydrogen) atoms. The van der Waals surface area contributed by atoms with Gasteiger partial charge in [0, 0.05) is 22.1 Å². The summed E-state index contributed by atoms with van der Waals surface area (Å²) in [5.41, 5.74) is 4.22. The number of aryl methyl sites for hydroxylation is 3. The van der Waals surface area contributed by atoms with Gasteiger partial charge in [-0.3, -0.25) is 0 Å². The average molecular weight is 598 g/mol. The van der Waals surface area contributed by atoms with Crippen molar-refractivity contribution in [2.24, 2.45) is 0 Å². The molecule has 2 N–H and O–H groups in total. The summed E-state index contributed by atoms with van der Waals surface area (Å²) in [5, 5.41) is 12.6. The van der Waals surface area contributed by atoms with Crippen LogP contribution in [0.1, 0.15) is 23.6 Å². The van der Waals surface area contributed by atoms with Crippen molar-refractivity contribution in [2.45, 2.75) is 49.7 Å². The highest BCUT2D eigenvalue weighted by molar-refractivity contribution is 7.99. The largest absolute Gasteiger partial charge is 0.490 e. The molecule has 3 aromatic carbocycles. The number of carboxylic acids is 1. The van der Waals surface area contributed by atoms with Crippen LogP contribution in [0.15, 0.2) is 70.6 Å². The van der Waals surface area contributed by atoms with E-state index in [0.29, 0.717) is 10.6 Å². The number of nitrogens with one attached hydrogen (secondary N) is 1. The lowest BCUT2D eigenvalue weighted by molar-refractivity contribution is -0.192. The summed E-state index contributed by atoms with van der Waals surface area (Å²) < 4.78 is 75.7. The summed E-state index contributed by atoms with van der Waals surface area (Å²) in [6, 6.07) is 15.6. The number of benzene rings is 3. The van der Waals surface area contributed by atoms with Crippen molar-refractivity contribution in [1.29, 1.82) is 0 Å². The van der Waals surface area contributed by atoms with Crippen molar-refractivity contribution in [2.75, 3.05) is 5.75 Å². The highest BCUT2D eigenvalue weighted by Crippen LogP contribution is 2.30. The van der Waals surface area contributed by atoms with Gasteiger partial charge in [0.05, 0.1) is 22.3 Å². The third kappa shape index (κ3) is 7.61. The van der Waals surface area contributed by atoms with Gasteiger partial charge in [-0.2, -0.15) is 18.3 Å². The number of sulfonamides is 1. The highest BCUT2D eigenvalue weighted by atomic mass is 32.2. The van der Waals surface area contributed by atoms with Crippen LogP contribution in [0.3, 0.4) is 0 Å². The van der Waals surface area contributed by atoms with Crippen LogP contribution in [0.2, 0.25) is 0 Å². The fourth-order valence-electron chi connectivity index (χ4n) is 4.10. The summed E-state index contributed by atoms with van der Waals surface area (Å²) in [6.07, 6.45) is -3.30. The Kier molecular flexibility index (Phi) is 9.64. The van der Waals surface area contributed by atoms with Crippen LogP contribution in [0.5, 0.6) is 0 Å². The number of carboxylic acid groups (broad SMARTS) is 1. The quantitative estimate of drug-likeness (QED) is 0.195. The van der Waals surface area contributed by atoms with Crippen LogP contribution in [0.4, 0.5) is 17.6 Å². The molecule has 0 saturated heterocycles. The number of alkyl halides is 3. The summed E-state index contributed by atoms with van der Waals surface area (Å²) in [6.45, 7) is 7.48. The molecule has 0 spiro atoms. The Bertz CT molecular complexity index is 1600. The molecule has 13 heteroatoms. The van der Waals surface area contributed by atoms with E-state index in [9.17, 15) is 26.0 Å². The summed E-state index contributed by atoms with van der Waals surface area (Å²) in [7, 11) is -3.63. The van der Waals surface area contributed by atoms with E-state index < -0.39 is 22.2 Å². The van der Waals surface area contributed by atoms with Gasteiger partial charge in [0.1, 0.15) is 5.82 Å². The second-order valence-corrected chi connectivity index (χ2v) is 11.8. The molecule has 0 aliphatic rings. The van der Waals surface area contributed by atoms with Crippen LogP contribution in [0, 0.1) is 26.6 Å². The number of rotatable bonds is 7. The van der Waals surface area contributed by atoms with Crippen LogP contribution in [-0.4, -0.2) is 47.2 Å². The Morgan fingerprint density at radius 1 is 1.07 bits per heavy atom. The third-order valence-corrected chi connectivity index (χ3v) is 8.83. The molecule has 0 aliphatic carbocycles. The van der Waals surface area contributed by atoms with Crippen molar-refractivity contribution in [3.63, 3.8) is 0 Å². The molecule has 1 atom stereocenters. The molecule has 4 rings (SSSR count). The van der Waals surface area contributed by atoms with E-state index in [1.165, 1.54) is 12.1 Å². The van der Waals surface area contributed by atoms with Gasteiger partial charge in [-0.1, -0.05) is 23.8 Å². The zero-order chi connectivity index (χ0) is 29.8. The molecule has 0 amide bonds. The minimum absolute atomic E-state index is 0.275. The molecule has 7 nitrogen and oxygen atoms in total. The van der Waals surface area contributed by atoms with Crippen molar-refractivity contribution >= 4 is 38.7 Å². The minimum Gasteiger partial charge on any atom is -0.475 e. The molecule has 0 saturated carbocycles. The number of aromatic nitrogens is 2. The first-order chi connectivity index (χ1) is 18.6. The lowest BCUT2D eigenvalue weighted by Gasteiger charge is -2.17. The number of fused-ring (bicyclic) bond motifs is 1. The lowest BCUT2D eigenvalue weighted by Crippen LogP contribution is -2.35. The van der Waals surface area contributed by atoms with Gasteiger partial charge in [0.2, 0.25) is 10.0 Å². The summed E-state index contributed by atoms with van der Waals surface area (Å²) in [4.78, 5) is 10.3. The maximum atomic E-state index is 13.3. The lowest BCUT2D eigenvalue weighted by atomic mass is 10.1. The smallest absolute Gasteiger partial charge is 0.475 e. The van der Waals surface area contributed by atoms with Crippen molar-refractivity contribution < 1.29 is 35.9 Å². The van der Waals surface area contributed by atoms with Gasteiger partial charge >= 0.3 is 12.1 Å². The average Bonchev–Trinajstić information content (AvgIpc) is 3.26. The fraction of sp³-hybridized carbons (Fsp3) is 0.259. The van der Waals surface area contributed by atoms with Gasteiger partial charge in [0.25, 0.3) is 0 Å². The maximum absolute atomic E-state index is 13.3.